The number of unbranched alkanes of at least 4 members (excludes halogenated alkanes) is 3. The van der Waals surface area contributed by atoms with Crippen LogP contribution in [0.25, 0.3) is 11.3 Å². The molecule has 13 nitrogen and oxygen atoms in total. The number of aromatic nitrogens is 3. The van der Waals surface area contributed by atoms with Gasteiger partial charge in [0.15, 0.2) is 17.4 Å². The lowest BCUT2D eigenvalue weighted by atomic mass is 9.90. The Labute approximate surface area is 353 Å². The average molecular weight is 831 g/mol. The number of fused-ring (bicyclic) bond motifs is 2. The number of anilines is 3. The van der Waals surface area contributed by atoms with Crippen molar-refractivity contribution in [2.45, 2.75) is 96.2 Å². The number of amides is 4. The fourth-order valence-corrected chi connectivity index (χ4v) is 8.52. The maximum atomic E-state index is 15.1. The number of pyridine rings is 1. The third-order valence-electron chi connectivity index (χ3n) is 11.9. The first-order valence-corrected chi connectivity index (χ1v) is 21.1. The number of hydrogen-bond donors (Lipinski definition) is 2. The van der Waals surface area contributed by atoms with Crippen LogP contribution >= 0.6 is 0 Å². The van der Waals surface area contributed by atoms with E-state index in [9.17, 15) is 19.2 Å². The van der Waals surface area contributed by atoms with Crippen LogP contribution in [0.15, 0.2) is 54.9 Å². The first kappa shape index (κ1) is 41.3. The van der Waals surface area contributed by atoms with Crippen molar-refractivity contribution in [2.24, 2.45) is 0 Å². The van der Waals surface area contributed by atoms with Gasteiger partial charge < -0.3 is 24.8 Å². The zero-order valence-electron chi connectivity index (χ0n) is 34.3. The highest BCUT2D eigenvalue weighted by Crippen LogP contribution is 2.39. The molecule has 0 saturated carbocycles. The summed E-state index contributed by atoms with van der Waals surface area (Å²) in [6.07, 6.45) is 8.79. The summed E-state index contributed by atoms with van der Waals surface area (Å²) in [5.74, 6) is 5.33. The Morgan fingerprint density at radius 3 is 2.57 bits per heavy atom. The van der Waals surface area contributed by atoms with Gasteiger partial charge in [-0.25, -0.2) is 23.7 Å². The van der Waals surface area contributed by atoms with Crippen molar-refractivity contribution in [1.29, 1.82) is 0 Å². The Kier molecular flexibility index (Phi) is 12.2. The Balaban J connectivity index is 0.762. The summed E-state index contributed by atoms with van der Waals surface area (Å²) >= 11 is 0. The van der Waals surface area contributed by atoms with E-state index < -0.39 is 23.6 Å². The third-order valence-corrected chi connectivity index (χ3v) is 11.9. The number of halogens is 2. The van der Waals surface area contributed by atoms with Gasteiger partial charge in [0.1, 0.15) is 24.2 Å². The quantitative estimate of drug-likeness (QED) is 0.0958. The molecule has 4 aromatic rings. The molecular formula is C46H48F2N8O5. The van der Waals surface area contributed by atoms with Crippen molar-refractivity contribution in [2.75, 3.05) is 36.5 Å². The van der Waals surface area contributed by atoms with Gasteiger partial charge in [0.25, 0.3) is 5.91 Å². The van der Waals surface area contributed by atoms with Gasteiger partial charge in [0, 0.05) is 67.8 Å². The number of nitrogens with zero attached hydrogens (tertiary/aromatic N) is 6. The second-order valence-corrected chi connectivity index (χ2v) is 16.2. The average Bonchev–Trinajstić information content (AvgIpc) is 3.58. The van der Waals surface area contributed by atoms with Crippen molar-refractivity contribution in [1.82, 2.24) is 30.1 Å². The summed E-state index contributed by atoms with van der Waals surface area (Å²) in [6, 6.07) is 11.7. The van der Waals surface area contributed by atoms with Crippen LogP contribution in [0.4, 0.5) is 26.2 Å². The third kappa shape index (κ3) is 9.18. The predicted octanol–water partition coefficient (Wildman–Crippen LogP) is 6.64. The van der Waals surface area contributed by atoms with E-state index in [2.05, 4.69) is 37.4 Å². The summed E-state index contributed by atoms with van der Waals surface area (Å²) in [4.78, 5) is 68.5. The van der Waals surface area contributed by atoms with Gasteiger partial charge in [-0.1, -0.05) is 30.4 Å². The Bertz CT molecular complexity index is 2410. The van der Waals surface area contributed by atoms with Crippen molar-refractivity contribution >= 4 is 41.1 Å². The van der Waals surface area contributed by atoms with Gasteiger partial charge >= 0.3 is 0 Å². The van der Waals surface area contributed by atoms with E-state index in [1.54, 1.807) is 18.3 Å². The topological polar surface area (TPSA) is 150 Å². The van der Waals surface area contributed by atoms with Crippen LogP contribution in [0.2, 0.25) is 0 Å². The molecule has 4 amide bonds. The molecule has 1 unspecified atom stereocenters. The molecule has 0 aliphatic carbocycles. The first-order valence-electron chi connectivity index (χ1n) is 21.1. The van der Waals surface area contributed by atoms with Gasteiger partial charge in [-0.15, -0.1) is 0 Å². The predicted molar refractivity (Wildman–Crippen MR) is 224 cm³/mol. The number of rotatable bonds is 11. The van der Waals surface area contributed by atoms with E-state index in [4.69, 9.17) is 4.74 Å². The zero-order valence-corrected chi connectivity index (χ0v) is 34.3. The van der Waals surface area contributed by atoms with E-state index in [0.717, 1.165) is 55.0 Å². The molecule has 8 rings (SSSR count). The maximum absolute atomic E-state index is 15.1. The SMILES string of the molecule is CC(C)N1CCOc2c(F)cc(-c3nc(Nc4ccc(C5CCN(C(=O)CCCCCC#Cc6ccc7c(c6)C(=O)N(C6CCC(=O)NC6=O)C7)CC5)cn4)ncc3F)cc21. The van der Waals surface area contributed by atoms with Crippen molar-refractivity contribution < 1.29 is 32.7 Å². The lowest BCUT2D eigenvalue weighted by Gasteiger charge is -2.34. The summed E-state index contributed by atoms with van der Waals surface area (Å²) in [7, 11) is 0. The van der Waals surface area contributed by atoms with E-state index in [1.807, 2.05) is 47.9 Å². The highest BCUT2D eigenvalue weighted by atomic mass is 19.1. The minimum Gasteiger partial charge on any atom is -0.486 e. The molecule has 2 fully saturated rings. The number of carbonyl (C=O) groups is 4. The van der Waals surface area contributed by atoms with Crippen molar-refractivity contribution in [3.63, 3.8) is 0 Å². The Hall–Kier alpha value is -6.43. The van der Waals surface area contributed by atoms with Crippen LogP contribution < -0.4 is 20.3 Å². The fourth-order valence-electron chi connectivity index (χ4n) is 8.52. The molecule has 1 atom stereocenters. The number of piperidine rings is 2. The van der Waals surface area contributed by atoms with Gasteiger partial charge in [-0.3, -0.25) is 24.5 Å². The standard InChI is InChI=1S/C46H48F2N8O5/c1-28(2)55-20-21-61-43-35(47)23-33(24-38(43)55)42-36(48)26-50-46(53-42)51-39-14-12-31(25-49-39)30-16-18-54(19-17-30)41(58)9-7-5-3-4-6-8-29-10-11-32-27-56(45(60)34(32)22-29)37-13-15-40(57)52-44(37)59/h10-12,14,22-26,28,30,37H,3-5,7,9,13,15-21,27H2,1-2H3,(H,52,57,59)(H,49,50,51,53). The molecule has 0 radical (unpaired) electrons. The van der Waals surface area contributed by atoms with Gasteiger partial charge in [0.05, 0.1) is 18.4 Å². The zero-order chi connectivity index (χ0) is 42.6. The van der Waals surface area contributed by atoms with Crippen molar-refractivity contribution in [3.05, 3.63) is 88.7 Å². The van der Waals surface area contributed by atoms with Crippen LogP contribution in [0, 0.1) is 23.5 Å². The molecule has 2 aromatic heterocycles. The van der Waals surface area contributed by atoms with Crippen LogP contribution in [0.3, 0.4) is 0 Å². The molecular weight excluding hydrogens is 783 g/mol. The molecule has 15 heteroatoms. The summed E-state index contributed by atoms with van der Waals surface area (Å²) in [5, 5.41) is 5.37. The molecule has 61 heavy (non-hydrogen) atoms. The summed E-state index contributed by atoms with van der Waals surface area (Å²) in [6.45, 7) is 6.68. The highest BCUT2D eigenvalue weighted by molar-refractivity contribution is 6.05. The monoisotopic (exact) mass is 830 g/mol. The van der Waals surface area contributed by atoms with Gasteiger partial charge in [0.2, 0.25) is 23.7 Å². The summed E-state index contributed by atoms with van der Waals surface area (Å²) < 4.78 is 35.7. The fraction of sp³-hybridized carbons (Fsp3) is 0.413. The number of carbonyl (C=O) groups excluding carboxylic acids is 4. The number of hydrogen-bond acceptors (Lipinski definition) is 10. The molecule has 2 saturated heterocycles. The Morgan fingerprint density at radius 2 is 1.80 bits per heavy atom. The Morgan fingerprint density at radius 1 is 0.967 bits per heavy atom. The smallest absolute Gasteiger partial charge is 0.255 e. The molecule has 4 aliphatic rings. The molecule has 2 aromatic carbocycles. The number of ether oxygens (including phenoxy) is 1. The minimum absolute atomic E-state index is 0.0348. The van der Waals surface area contributed by atoms with Gasteiger partial charge in [-0.05, 0) is 93.3 Å². The normalized spacial score (nSPS) is 17.7. The molecule has 0 bridgehead atoms. The van der Waals surface area contributed by atoms with E-state index in [1.165, 1.54) is 11.0 Å². The first-order chi connectivity index (χ1) is 29.5. The number of likely N-dealkylation sites (tertiary alicyclic amines) is 1. The van der Waals surface area contributed by atoms with Crippen LogP contribution in [-0.2, 0) is 20.9 Å². The van der Waals surface area contributed by atoms with Gasteiger partial charge in [-0.2, -0.15) is 0 Å². The number of nitrogens with one attached hydrogen (secondary N) is 2. The highest BCUT2D eigenvalue weighted by Gasteiger charge is 2.39. The van der Waals surface area contributed by atoms with Crippen molar-refractivity contribution in [3.8, 4) is 28.8 Å². The molecule has 4 aliphatic heterocycles. The molecule has 6 heterocycles. The second kappa shape index (κ2) is 18.0. The lowest BCUT2D eigenvalue weighted by Crippen LogP contribution is -2.52. The lowest BCUT2D eigenvalue weighted by molar-refractivity contribution is -0.137. The van der Waals surface area contributed by atoms with E-state index in [0.29, 0.717) is 69.1 Å². The largest absolute Gasteiger partial charge is 0.486 e. The molecule has 0 spiro atoms. The molecule has 316 valence electrons. The van der Waals surface area contributed by atoms with E-state index >= 15 is 8.78 Å². The maximum Gasteiger partial charge on any atom is 0.255 e. The second-order valence-electron chi connectivity index (χ2n) is 16.2. The number of benzene rings is 2. The number of imide groups is 1. The summed E-state index contributed by atoms with van der Waals surface area (Å²) in [5.41, 5.74) is 4.01. The van der Waals surface area contributed by atoms with Crippen LogP contribution in [0.1, 0.15) is 105 Å². The van der Waals surface area contributed by atoms with E-state index in [-0.39, 0.29) is 59.1 Å². The van der Waals surface area contributed by atoms with Crippen LogP contribution in [-0.4, -0.2) is 86.7 Å². The molecule has 2 N–H and O–H groups in total. The minimum atomic E-state index is -0.676. The van der Waals surface area contributed by atoms with Crippen LogP contribution in [0.5, 0.6) is 5.75 Å².